The summed E-state index contributed by atoms with van der Waals surface area (Å²) >= 11 is 2.86. The number of anilines is 2. The van der Waals surface area contributed by atoms with E-state index in [1.165, 1.54) is 35.2 Å². The minimum absolute atomic E-state index is 0.0174. The first-order chi connectivity index (χ1) is 10.6. The molecule has 114 valence electrons. The maximum atomic E-state index is 13.1. The van der Waals surface area contributed by atoms with E-state index in [9.17, 15) is 4.39 Å². The van der Waals surface area contributed by atoms with Gasteiger partial charge in [-0.15, -0.1) is 10.2 Å². The average Bonchev–Trinajstić information content (AvgIpc) is 3.08. The van der Waals surface area contributed by atoms with Crippen molar-refractivity contribution in [2.24, 2.45) is 0 Å². The summed E-state index contributed by atoms with van der Waals surface area (Å²) in [4.78, 5) is 4.19. The number of nitrogens with zero attached hydrogens (tertiary/aromatic N) is 4. The third-order valence-electron chi connectivity index (χ3n) is 2.65. The number of benzene rings is 1. The summed E-state index contributed by atoms with van der Waals surface area (Å²) in [7, 11) is 0. The van der Waals surface area contributed by atoms with E-state index in [-0.39, 0.29) is 11.1 Å². The molecule has 1 N–H and O–H groups in total. The van der Waals surface area contributed by atoms with Crippen LogP contribution in [0.15, 0.2) is 33.1 Å². The maximum absolute atomic E-state index is 13.1. The van der Waals surface area contributed by atoms with E-state index in [0.717, 1.165) is 4.34 Å². The van der Waals surface area contributed by atoms with Crippen LogP contribution in [0.3, 0.4) is 0 Å². The van der Waals surface area contributed by atoms with Crippen LogP contribution in [0.5, 0.6) is 0 Å². The number of aryl methyl sites for hydroxylation is 1. The number of hydrogen-bond acceptors (Lipinski definition) is 8. The molecule has 3 aromatic rings. The highest BCUT2D eigenvalue weighted by Crippen LogP contribution is 2.37. The van der Waals surface area contributed by atoms with Crippen molar-refractivity contribution in [3.8, 4) is 0 Å². The zero-order valence-corrected chi connectivity index (χ0v) is 13.4. The molecule has 0 aliphatic carbocycles. The average molecular weight is 337 g/mol. The van der Waals surface area contributed by atoms with E-state index in [4.69, 9.17) is 4.52 Å². The largest absolute Gasteiger partial charge is 0.338 e. The Morgan fingerprint density at radius 3 is 2.95 bits per heavy atom. The molecule has 0 radical (unpaired) electrons. The number of aromatic nitrogens is 4. The van der Waals surface area contributed by atoms with Crippen molar-refractivity contribution in [1.29, 1.82) is 0 Å². The molecular formula is C13H12FN5OS2. The quantitative estimate of drug-likeness (QED) is 0.706. The molecule has 2 heterocycles. The molecule has 0 spiro atoms. The van der Waals surface area contributed by atoms with Crippen LogP contribution in [-0.2, 0) is 0 Å². The van der Waals surface area contributed by atoms with E-state index in [1.54, 1.807) is 19.1 Å². The Morgan fingerprint density at radius 2 is 2.23 bits per heavy atom. The van der Waals surface area contributed by atoms with Gasteiger partial charge in [-0.2, -0.15) is 4.98 Å². The Hall–Kier alpha value is -2.00. The summed E-state index contributed by atoms with van der Waals surface area (Å²) in [5.41, 5.74) is 0.633. The second-order valence-electron chi connectivity index (χ2n) is 4.45. The van der Waals surface area contributed by atoms with Crippen LogP contribution < -0.4 is 5.32 Å². The van der Waals surface area contributed by atoms with Gasteiger partial charge in [-0.05, 0) is 32.0 Å². The fraction of sp³-hybridized carbons (Fsp3) is 0.231. The van der Waals surface area contributed by atoms with Gasteiger partial charge in [-0.25, -0.2) is 4.39 Å². The lowest BCUT2D eigenvalue weighted by molar-refractivity contribution is 0.376. The van der Waals surface area contributed by atoms with Crippen LogP contribution in [-0.4, -0.2) is 20.3 Å². The smallest absolute Gasteiger partial charge is 0.239 e. The number of rotatable bonds is 5. The van der Waals surface area contributed by atoms with Gasteiger partial charge >= 0.3 is 0 Å². The Bertz CT molecular complexity index is 775. The third-order valence-corrected chi connectivity index (χ3v) is 4.66. The van der Waals surface area contributed by atoms with Gasteiger partial charge in [0.25, 0.3) is 0 Å². The molecule has 0 aliphatic rings. The van der Waals surface area contributed by atoms with E-state index < -0.39 is 0 Å². The standard InChI is InChI=1S/C13H12FN5OS2/c1-7(11-15-8(2)19-20-11)21-13-18-17-12(22-13)16-10-5-3-4-9(14)6-10/h3-7H,1-2H3,(H,16,17). The number of hydrogen-bond donors (Lipinski definition) is 1. The molecule has 1 unspecified atom stereocenters. The molecule has 0 saturated carbocycles. The second kappa shape index (κ2) is 6.41. The molecule has 0 amide bonds. The van der Waals surface area contributed by atoms with Gasteiger partial charge in [0.15, 0.2) is 10.2 Å². The molecule has 0 bridgehead atoms. The van der Waals surface area contributed by atoms with Crippen LogP contribution in [0.2, 0.25) is 0 Å². The van der Waals surface area contributed by atoms with E-state index >= 15 is 0 Å². The minimum atomic E-state index is -0.301. The summed E-state index contributed by atoms with van der Waals surface area (Å²) in [5.74, 6) is 0.856. The zero-order chi connectivity index (χ0) is 15.5. The topological polar surface area (TPSA) is 76.7 Å². The van der Waals surface area contributed by atoms with Crippen molar-refractivity contribution in [3.05, 3.63) is 41.8 Å². The van der Waals surface area contributed by atoms with Crippen LogP contribution in [0.1, 0.15) is 23.9 Å². The lowest BCUT2D eigenvalue weighted by Crippen LogP contribution is -1.89. The van der Waals surface area contributed by atoms with Gasteiger partial charge in [-0.1, -0.05) is 34.3 Å². The van der Waals surface area contributed by atoms with Crippen molar-refractivity contribution in [2.75, 3.05) is 5.32 Å². The highest BCUT2D eigenvalue weighted by Gasteiger charge is 2.17. The van der Waals surface area contributed by atoms with Gasteiger partial charge in [0, 0.05) is 5.69 Å². The molecule has 22 heavy (non-hydrogen) atoms. The molecule has 2 aromatic heterocycles. The molecule has 0 fully saturated rings. The minimum Gasteiger partial charge on any atom is -0.338 e. The van der Waals surface area contributed by atoms with E-state index in [1.807, 2.05) is 6.92 Å². The predicted molar refractivity (Wildman–Crippen MR) is 82.9 cm³/mol. The molecule has 6 nitrogen and oxygen atoms in total. The number of thioether (sulfide) groups is 1. The Labute approximate surface area is 134 Å². The van der Waals surface area contributed by atoms with Crippen LogP contribution in [0.25, 0.3) is 0 Å². The van der Waals surface area contributed by atoms with Gasteiger partial charge in [-0.3, -0.25) is 0 Å². The van der Waals surface area contributed by atoms with Crippen LogP contribution in [0, 0.1) is 12.7 Å². The number of nitrogens with one attached hydrogen (secondary N) is 1. The summed E-state index contributed by atoms with van der Waals surface area (Å²) in [5, 5.41) is 15.5. The van der Waals surface area contributed by atoms with Gasteiger partial charge in [0.05, 0.1) is 5.25 Å². The monoisotopic (exact) mass is 337 g/mol. The molecule has 0 saturated heterocycles. The van der Waals surface area contributed by atoms with Gasteiger partial charge in [0.1, 0.15) is 5.82 Å². The van der Waals surface area contributed by atoms with Crippen molar-refractivity contribution in [3.63, 3.8) is 0 Å². The number of halogens is 1. The fourth-order valence-corrected chi connectivity index (χ4v) is 3.62. The second-order valence-corrected chi connectivity index (χ2v) is 7.01. The summed E-state index contributed by atoms with van der Waals surface area (Å²) in [6.45, 7) is 3.73. The maximum Gasteiger partial charge on any atom is 0.239 e. The zero-order valence-electron chi connectivity index (χ0n) is 11.8. The molecule has 1 aromatic carbocycles. The van der Waals surface area contributed by atoms with Crippen molar-refractivity contribution >= 4 is 33.9 Å². The van der Waals surface area contributed by atoms with Crippen molar-refractivity contribution < 1.29 is 8.91 Å². The Morgan fingerprint density at radius 1 is 1.36 bits per heavy atom. The normalized spacial score (nSPS) is 12.3. The first-order valence-corrected chi connectivity index (χ1v) is 8.13. The first kappa shape index (κ1) is 14.9. The van der Waals surface area contributed by atoms with Gasteiger partial charge in [0.2, 0.25) is 11.0 Å². The Balaban J connectivity index is 1.66. The van der Waals surface area contributed by atoms with E-state index in [2.05, 4.69) is 25.7 Å². The Kier molecular flexibility index (Phi) is 4.34. The highest BCUT2D eigenvalue weighted by atomic mass is 32.2. The first-order valence-electron chi connectivity index (χ1n) is 6.43. The van der Waals surface area contributed by atoms with Crippen molar-refractivity contribution in [2.45, 2.75) is 23.4 Å². The molecule has 0 aliphatic heterocycles. The third kappa shape index (κ3) is 3.60. The molecule has 3 rings (SSSR count). The molecule has 1 atom stereocenters. The summed E-state index contributed by atoms with van der Waals surface area (Å²) < 4.78 is 19.0. The fourth-order valence-electron chi connectivity index (χ4n) is 1.68. The highest BCUT2D eigenvalue weighted by molar-refractivity contribution is 8.01. The van der Waals surface area contributed by atoms with Gasteiger partial charge < -0.3 is 9.84 Å². The lowest BCUT2D eigenvalue weighted by atomic mass is 10.3. The molecule has 9 heteroatoms. The lowest BCUT2D eigenvalue weighted by Gasteiger charge is -2.02. The van der Waals surface area contributed by atoms with Crippen LogP contribution in [0.4, 0.5) is 15.2 Å². The molecular weight excluding hydrogens is 325 g/mol. The van der Waals surface area contributed by atoms with E-state index in [0.29, 0.717) is 22.5 Å². The summed E-state index contributed by atoms with van der Waals surface area (Å²) in [6.07, 6.45) is 0. The summed E-state index contributed by atoms with van der Waals surface area (Å²) in [6, 6.07) is 6.19. The predicted octanol–water partition coefficient (Wildman–Crippen LogP) is 3.97. The van der Waals surface area contributed by atoms with Crippen LogP contribution >= 0.6 is 23.1 Å². The SMILES string of the molecule is Cc1noc(C(C)Sc2nnc(Nc3cccc(F)c3)s2)n1. The van der Waals surface area contributed by atoms with Crippen molar-refractivity contribution in [1.82, 2.24) is 20.3 Å².